The van der Waals surface area contributed by atoms with Crippen molar-refractivity contribution in [2.45, 2.75) is 37.0 Å². The predicted molar refractivity (Wildman–Crippen MR) is 115 cm³/mol. The van der Waals surface area contributed by atoms with Crippen molar-refractivity contribution in [1.29, 1.82) is 0 Å². The Balaban J connectivity index is 1.26. The lowest BCUT2D eigenvalue weighted by Crippen LogP contribution is -2.53. The van der Waals surface area contributed by atoms with Gasteiger partial charge in [-0.15, -0.1) is 0 Å². The number of hydrogen-bond acceptors (Lipinski definition) is 5. The number of aromatic carboxylic acids is 1. The molecule has 2 fully saturated rings. The summed E-state index contributed by atoms with van der Waals surface area (Å²) in [7, 11) is 0. The maximum atomic E-state index is 11.6. The third-order valence-electron chi connectivity index (χ3n) is 6.77. The van der Waals surface area contributed by atoms with Gasteiger partial charge in [-0.3, -0.25) is 4.90 Å². The van der Waals surface area contributed by atoms with Gasteiger partial charge in [0, 0.05) is 50.5 Å². The minimum Gasteiger partial charge on any atom is -0.487 e. The molecule has 0 saturated carbocycles. The average molecular weight is 429 g/mol. The number of anilines is 1. The van der Waals surface area contributed by atoms with Crippen LogP contribution >= 0.6 is 11.6 Å². The van der Waals surface area contributed by atoms with Crippen molar-refractivity contribution >= 4 is 23.3 Å². The van der Waals surface area contributed by atoms with Crippen molar-refractivity contribution in [3.05, 3.63) is 58.6 Å². The predicted octanol–water partition coefficient (Wildman–Crippen LogP) is 3.06. The summed E-state index contributed by atoms with van der Waals surface area (Å²) >= 11 is 6.14. The summed E-state index contributed by atoms with van der Waals surface area (Å²) in [6.45, 7) is 2.75. The fraction of sp³-hybridized carbons (Fsp3) is 0.435. The van der Waals surface area contributed by atoms with Gasteiger partial charge in [-0.2, -0.15) is 0 Å². The van der Waals surface area contributed by atoms with E-state index in [0.717, 1.165) is 43.1 Å². The maximum absolute atomic E-state index is 11.6. The molecule has 6 nitrogen and oxygen atoms in total. The number of β-amino-alcohol motifs (C(OH)–C–C–N with tert-alkyl or cyclic N) is 1. The van der Waals surface area contributed by atoms with Gasteiger partial charge in [0.05, 0.1) is 23.4 Å². The molecule has 3 aliphatic heterocycles. The first-order chi connectivity index (χ1) is 14.4. The van der Waals surface area contributed by atoms with E-state index in [1.54, 1.807) is 12.1 Å². The largest absolute Gasteiger partial charge is 0.487 e. The van der Waals surface area contributed by atoms with Crippen LogP contribution in [0.3, 0.4) is 0 Å². The van der Waals surface area contributed by atoms with Crippen LogP contribution in [0.1, 0.15) is 28.8 Å². The first kappa shape index (κ1) is 19.7. The Kier molecular flexibility index (Phi) is 4.88. The number of carboxylic acids is 1. The van der Waals surface area contributed by atoms with Crippen LogP contribution in [0, 0.1) is 0 Å². The topological polar surface area (TPSA) is 73.2 Å². The molecule has 3 aliphatic rings. The van der Waals surface area contributed by atoms with Crippen molar-refractivity contribution in [1.82, 2.24) is 4.90 Å². The Labute approximate surface area is 180 Å². The summed E-state index contributed by atoms with van der Waals surface area (Å²) < 4.78 is 6.34. The van der Waals surface area contributed by atoms with Gasteiger partial charge in [0.15, 0.2) is 0 Å². The highest BCUT2D eigenvalue weighted by Crippen LogP contribution is 2.42. The molecule has 0 aromatic heterocycles. The van der Waals surface area contributed by atoms with E-state index in [1.165, 1.54) is 5.56 Å². The fourth-order valence-corrected chi connectivity index (χ4v) is 5.39. The number of para-hydroxylation sites is 1. The highest BCUT2D eigenvalue weighted by atomic mass is 35.5. The number of carbonyl (C=O) groups is 1. The standard InChI is InChI=1S/C23H25ClN2O4/c24-16-5-6-21-15(11-16)12-23(30-21)7-9-25(10-8-23)19-13-26(14-20(19)27)18-4-2-1-3-17(18)22(28)29/h1-6,11,19-20,27H,7-10,12-14H2,(H,28,29). The highest BCUT2D eigenvalue weighted by molar-refractivity contribution is 6.30. The molecule has 2 unspecified atom stereocenters. The number of aliphatic hydroxyl groups is 1. The van der Waals surface area contributed by atoms with Crippen LogP contribution in [0.15, 0.2) is 42.5 Å². The molecule has 3 heterocycles. The number of aliphatic hydroxyl groups excluding tert-OH is 1. The van der Waals surface area contributed by atoms with Gasteiger partial charge in [-0.05, 0) is 35.9 Å². The third kappa shape index (κ3) is 3.43. The van der Waals surface area contributed by atoms with Crippen LogP contribution in [-0.4, -0.2) is 65.0 Å². The molecule has 0 amide bonds. The van der Waals surface area contributed by atoms with Crippen molar-refractivity contribution in [2.75, 3.05) is 31.1 Å². The monoisotopic (exact) mass is 428 g/mol. The molecule has 2 aromatic carbocycles. The lowest BCUT2D eigenvalue weighted by molar-refractivity contribution is -0.0107. The van der Waals surface area contributed by atoms with Crippen molar-refractivity contribution in [3.8, 4) is 5.75 Å². The Morgan fingerprint density at radius 1 is 1.13 bits per heavy atom. The van der Waals surface area contributed by atoms with Crippen LogP contribution in [0.5, 0.6) is 5.75 Å². The number of likely N-dealkylation sites (tertiary alicyclic amines) is 1. The minimum atomic E-state index is -0.943. The molecule has 2 saturated heterocycles. The molecule has 1 spiro atoms. The molecule has 30 heavy (non-hydrogen) atoms. The molecule has 2 aromatic rings. The van der Waals surface area contributed by atoms with Crippen molar-refractivity contribution < 1.29 is 19.7 Å². The number of carboxylic acid groups (broad SMARTS) is 1. The first-order valence-corrected chi connectivity index (χ1v) is 10.8. The molecule has 0 aliphatic carbocycles. The summed E-state index contributed by atoms with van der Waals surface area (Å²) in [6.07, 6.45) is 2.16. The zero-order valence-corrected chi connectivity index (χ0v) is 17.4. The second-order valence-electron chi connectivity index (χ2n) is 8.61. The maximum Gasteiger partial charge on any atom is 0.337 e. The molecule has 2 N–H and O–H groups in total. The average Bonchev–Trinajstić information content (AvgIpc) is 3.28. The smallest absolute Gasteiger partial charge is 0.337 e. The SMILES string of the molecule is O=C(O)c1ccccc1N1CC(O)C(N2CCC3(CC2)Cc2cc(Cl)ccc2O3)C1. The molecule has 0 radical (unpaired) electrons. The van der Waals surface area contributed by atoms with Gasteiger partial charge in [0.2, 0.25) is 0 Å². The lowest BCUT2D eigenvalue weighted by atomic mass is 9.86. The van der Waals surface area contributed by atoms with E-state index in [9.17, 15) is 15.0 Å². The Hall–Kier alpha value is -2.28. The van der Waals surface area contributed by atoms with Gasteiger partial charge in [0.1, 0.15) is 11.4 Å². The third-order valence-corrected chi connectivity index (χ3v) is 7.01. The van der Waals surface area contributed by atoms with Crippen LogP contribution in [0.2, 0.25) is 5.02 Å². The van der Waals surface area contributed by atoms with Crippen molar-refractivity contribution in [3.63, 3.8) is 0 Å². The Bertz CT molecular complexity index is 973. The van der Waals surface area contributed by atoms with Gasteiger partial charge >= 0.3 is 5.97 Å². The van der Waals surface area contributed by atoms with Gasteiger partial charge in [0.25, 0.3) is 0 Å². The lowest BCUT2D eigenvalue weighted by Gasteiger charge is -2.41. The summed E-state index contributed by atoms with van der Waals surface area (Å²) in [5.74, 6) is -0.00768. The zero-order chi connectivity index (χ0) is 20.9. The molecule has 7 heteroatoms. The van der Waals surface area contributed by atoms with Crippen LogP contribution in [0.25, 0.3) is 0 Å². The number of nitrogens with zero attached hydrogens (tertiary/aromatic N) is 2. The van der Waals surface area contributed by atoms with Crippen LogP contribution in [0.4, 0.5) is 5.69 Å². The Morgan fingerprint density at radius 2 is 1.90 bits per heavy atom. The van der Waals surface area contributed by atoms with Gasteiger partial charge in [-0.1, -0.05) is 23.7 Å². The van der Waals surface area contributed by atoms with E-state index in [2.05, 4.69) is 4.90 Å². The second kappa shape index (κ2) is 7.45. The quantitative estimate of drug-likeness (QED) is 0.782. The van der Waals surface area contributed by atoms with Crippen LogP contribution < -0.4 is 9.64 Å². The normalized spacial score (nSPS) is 25.3. The van der Waals surface area contributed by atoms with E-state index in [-0.39, 0.29) is 17.2 Å². The second-order valence-corrected chi connectivity index (χ2v) is 9.05. The van der Waals surface area contributed by atoms with E-state index in [0.29, 0.717) is 18.8 Å². The fourth-order valence-electron chi connectivity index (χ4n) is 5.20. The van der Waals surface area contributed by atoms with Crippen LogP contribution in [-0.2, 0) is 6.42 Å². The summed E-state index contributed by atoms with van der Waals surface area (Å²) in [4.78, 5) is 15.9. The molecule has 5 rings (SSSR count). The molecular weight excluding hydrogens is 404 g/mol. The number of ether oxygens (including phenoxy) is 1. The molecule has 158 valence electrons. The first-order valence-electron chi connectivity index (χ1n) is 10.4. The molecule has 2 atom stereocenters. The number of piperidine rings is 1. The summed E-state index contributed by atoms with van der Waals surface area (Å²) in [6, 6.07) is 12.8. The Morgan fingerprint density at radius 3 is 2.67 bits per heavy atom. The summed E-state index contributed by atoms with van der Waals surface area (Å²) in [5, 5.41) is 21.0. The van der Waals surface area contributed by atoms with Gasteiger partial charge < -0.3 is 19.8 Å². The van der Waals surface area contributed by atoms with E-state index in [4.69, 9.17) is 16.3 Å². The minimum absolute atomic E-state index is 0.0116. The van der Waals surface area contributed by atoms with E-state index < -0.39 is 12.1 Å². The van der Waals surface area contributed by atoms with E-state index >= 15 is 0 Å². The molecule has 0 bridgehead atoms. The molecular formula is C23H25ClN2O4. The van der Waals surface area contributed by atoms with E-state index in [1.807, 2.05) is 35.2 Å². The summed E-state index contributed by atoms with van der Waals surface area (Å²) in [5.41, 5.74) is 1.95. The highest BCUT2D eigenvalue weighted by Gasteiger charge is 2.45. The number of benzene rings is 2. The number of halogens is 1. The zero-order valence-electron chi connectivity index (χ0n) is 16.6. The number of fused-ring (bicyclic) bond motifs is 1. The number of hydrogen-bond donors (Lipinski definition) is 2. The number of rotatable bonds is 3. The van der Waals surface area contributed by atoms with Gasteiger partial charge in [-0.25, -0.2) is 4.79 Å². The van der Waals surface area contributed by atoms with Crippen molar-refractivity contribution in [2.24, 2.45) is 0 Å².